The lowest BCUT2D eigenvalue weighted by Crippen LogP contribution is -1.85. The summed E-state index contributed by atoms with van der Waals surface area (Å²) in [4.78, 5) is 7.89. The van der Waals surface area contributed by atoms with Crippen LogP contribution in [0, 0.1) is 0 Å². The van der Waals surface area contributed by atoms with Crippen molar-refractivity contribution >= 4 is 0 Å². The first-order valence-corrected chi connectivity index (χ1v) is 3.50. The zero-order valence-electron chi connectivity index (χ0n) is 6.25. The molecule has 0 saturated heterocycles. The first kappa shape index (κ1) is 6.84. The van der Waals surface area contributed by atoms with Crippen molar-refractivity contribution in [3.63, 3.8) is 0 Å². The van der Waals surface area contributed by atoms with Gasteiger partial charge in [-0.2, -0.15) is 10.2 Å². The van der Waals surface area contributed by atoms with E-state index in [-0.39, 0.29) is 0 Å². The molecule has 2 rings (SSSR count). The van der Waals surface area contributed by atoms with E-state index in [1.165, 1.54) is 6.33 Å². The van der Waals surface area contributed by atoms with Crippen LogP contribution in [0.5, 0.6) is 0 Å². The molecule has 0 saturated carbocycles. The Morgan fingerprint density at radius 2 is 2.00 bits per heavy atom. The molecule has 0 aromatic carbocycles. The van der Waals surface area contributed by atoms with Crippen molar-refractivity contribution in [2.75, 3.05) is 0 Å². The maximum absolute atomic E-state index is 4.07. The van der Waals surface area contributed by atoms with Gasteiger partial charge >= 0.3 is 0 Å². The van der Waals surface area contributed by atoms with Crippen LogP contribution in [0.1, 0.15) is 0 Å². The highest BCUT2D eigenvalue weighted by Gasteiger charge is 1.95. The summed E-state index contributed by atoms with van der Waals surface area (Å²) in [7, 11) is 0. The van der Waals surface area contributed by atoms with Crippen LogP contribution in [-0.2, 0) is 0 Å². The Bertz CT molecular complexity index is 308. The third kappa shape index (κ3) is 1.27. The van der Waals surface area contributed by atoms with Crippen molar-refractivity contribution in [1.82, 2.24) is 20.2 Å². The Balaban J connectivity index is 2.46. The summed E-state index contributed by atoms with van der Waals surface area (Å²) in [6.45, 7) is 0. The number of hydrogen-bond donors (Lipinski definition) is 0. The van der Waals surface area contributed by atoms with Crippen LogP contribution < -0.4 is 0 Å². The van der Waals surface area contributed by atoms with E-state index in [1.54, 1.807) is 18.6 Å². The van der Waals surface area contributed by atoms with E-state index >= 15 is 0 Å². The molecule has 4 heteroatoms. The van der Waals surface area contributed by atoms with Gasteiger partial charge in [0.1, 0.15) is 6.33 Å². The molecule has 0 spiro atoms. The van der Waals surface area contributed by atoms with E-state index in [4.69, 9.17) is 0 Å². The first-order valence-electron chi connectivity index (χ1n) is 3.50. The highest BCUT2D eigenvalue weighted by molar-refractivity contribution is 5.55. The highest BCUT2D eigenvalue weighted by atomic mass is 15.1. The van der Waals surface area contributed by atoms with Crippen LogP contribution in [0.2, 0.25) is 0 Å². The predicted molar refractivity (Wildman–Crippen MR) is 43.1 cm³/mol. The van der Waals surface area contributed by atoms with E-state index in [9.17, 15) is 0 Å². The fraction of sp³-hybridized carbons (Fsp3) is 0. The van der Waals surface area contributed by atoms with Gasteiger partial charge in [0.2, 0.25) is 0 Å². The molecule has 0 atom stereocenters. The molecule has 4 nitrogen and oxygen atoms in total. The minimum absolute atomic E-state index is 0.861. The average Bonchev–Trinajstić information content (AvgIpc) is 2.21. The van der Waals surface area contributed by atoms with Crippen molar-refractivity contribution in [2.24, 2.45) is 0 Å². The van der Waals surface area contributed by atoms with E-state index in [0.29, 0.717) is 0 Å². The van der Waals surface area contributed by atoms with Crippen molar-refractivity contribution in [2.45, 2.75) is 0 Å². The lowest BCUT2D eigenvalue weighted by atomic mass is 10.2. The monoisotopic (exact) mass is 158 g/mol. The molecule has 0 amide bonds. The zero-order valence-corrected chi connectivity index (χ0v) is 6.25. The summed E-state index contributed by atoms with van der Waals surface area (Å²) in [5, 5.41) is 7.43. The highest BCUT2D eigenvalue weighted by Crippen LogP contribution is 2.11. The van der Waals surface area contributed by atoms with Gasteiger partial charge in [-0.15, -0.1) is 0 Å². The Hall–Kier alpha value is -1.84. The van der Waals surface area contributed by atoms with Gasteiger partial charge in [-0.3, -0.25) is 0 Å². The Kier molecular flexibility index (Phi) is 1.74. The molecular formula is C8H6N4. The lowest BCUT2D eigenvalue weighted by molar-refractivity contribution is 1.03. The standard InChI is InChI=1S/C8H6N4/c1-4-11-12-5-7(1)8-2-3-9-6-10-8/h1-6H. The molecule has 2 aromatic heterocycles. The minimum Gasteiger partial charge on any atom is -0.245 e. The van der Waals surface area contributed by atoms with Gasteiger partial charge in [0.05, 0.1) is 18.1 Å². The van der Waals surface area contributed by atoms with Crippen LogP contribution in [0.25, 0.3) is 11.3 Å². The fourth-order valence-electron chi connectivity index (χ4n) is 0.904. The largest absolute Gasteiger partial charge is 0.245 e. The predicted octanol–water partition coefficient (Wildman–Crippen LogP) is 0.934. The smallest absolute Gasteiger partial charge is 0.116 e. The summed E-state index contributed by atoms with van der Waals surface area (Å²) in [6, 6.07) is 3.69. The summed E-state index contributed by atoms with van der Waals surface area (Å²) in [6.07, 6.45) is 6.51. The van der Waals surface area contributed by atoms with Crippen LogP contribution >= 0.6 is 0 Å². The molecule has 0 N–H and O–H groups in total. The second-order valence-electron chi connectivity index (χ2n) is 2.23. The van der Waals surface area contributed by atoms with Gasteiger partial charge in [0.25, 0.3) is 0 Å². The Morgan fingerprint density at radius 1 is 1.00 bits per heavy atom. The molecule has 0 fully saturated rings. The maximum atomic E-state index is 4.07. The van der Waals surface area contributed by atoms with Gasteiger partial charge in [0, 0.05) is 11.8 Å². The van der Waals surface area contributed by atoms with E-state index in [2.05, 4.69) is 20.2 Å². The van der Waals surface area contributed by atoms with Gasteiger partial charge in [-0.25, -0.2) is 9.97 Å². The van der Waals surface area contributed by atoms with Gasteiger partial charge < -0.3 is 0 Å². The lowest BCUT2D eigenvalue weighted by Gasteiger charge is -1.95. The van der Waals surface area contributed by atoms with E-state index in [1.807, 2.05) is 12.1 Å². The normalized spacial score (nSPS) is 9.67. The molecule has 0 radical (unpaired) electrons. The van der Waals surface area contributed by atoms with Crippen molar-refractivity contribution in [1.29, 1.82) is 0 Å². The second kappa shape index (κ2) is 3.04. The number of rotatable bonds is 1. The Labute approximate surface area is 69.3 Å². The molecule has 0 aliphatic carbocycles. The van der Waals surface area contributed by atoms with Gasteiger partial charge in [0.15, 0.2) is 0 Å². The Morgan fingerprint density at radius 3 is 2.67 bits per heavy atom. The fourth-order valence-corrected chi connectivity index (χ4v) is 0.904. The molecule has 0 aliphatic heterocycles. The number of aromatic nitrogens is 4. The van der Waals surface area contributed by atoms with Gasteiger partial charge in [-0.05, 0) is 12.1 Å². The number of nitrogens with zero attached hydrogens (tertiary/aromatic N) is 4. The SMILES string of the molecule is c1cc(-c2ccnnc2)ncn1. The van der Waals surface area contributed by atoms with Crippen molar-refractivity contribution in [3.05, 3.63) is 37.1 Å². The molecule has 58 valence electrons. The molecule has 12 heavy (non-hydrogen) atoms. The van der Waals surface area contributed by atoms with Crippen molar-refractivity contribution in [3.8, 4) is 11.3 Å². The van der Waals surface area contributed by atoms with Crippen molar-refractivity contribution < 1.29 is 0 Å². The molecule has 0 aliphatic rings. The quantitative estimate of drug-likeness (QED) is 0.619. The van der Waals surface area contributed by atoms with Crippen LogP contribution in [-0.4, -0.2) is 20.2 Å². The first-order chi connectivity index (χ1) is 5.97. The second-order valence-corrected chi connectivity index (χ2v) is 2.23. The van der Waals surface area contributed by atoms with Crippen LogP contribution in [0.3, 0.4) is 0 Å². The topological polar surface area (TPSA) is 51.6 Å². The third-order valence-corrected chi connectivity index (χ3v) is 1.46. The molecular weight excluding hydrogens is 152 g/mol. The maximum Gasteiger partial charge on any atom is 0.116 e. The van der Waals surface area contributed by atoms with Crippen LogP contribution in [0.4, 0.5) is 0 Å². The molecule has 2 heterocycles. The number of hydrogen-bond acceptors (Lipinski definition) is 4. The minimum atomic E-state index is 0.861. The van der Waals surface area contributed by atoms with E-state index < -0.39 is 0 Å². The molecule has 0 bridgehead atoms. The average molecular weight is 158 g/mol. The van der Waals surface area contributed by atoms with E-state index in [0.717, 1.165) is 11.3 Å². The van der Waals surface area contributed by atoms with Crippen LogP contribution in [0.15, 0.2) is 37.1 Å². The van der Waals surface area contributed by atoms with Gasteiger partial charge in [-0.1, -0.05) is 0 Å². The molecule has 2 aromatic rings. The summed E-state index contributed by atoms with van der Waals surface area (Å²) < 4.78 is 0. The summed E-state index contributed by atoms with van der Waals surface area (Å²) in [5.41, 5.74) is 1.81. The zero-order chi connectivity index (χ0) is 8.23. The summed E-state index contributed by atoms with van der Waals surface area (Å²) >= 11 is 0. The molecule has 0 unspecified atom stereocenters. The summed E-state index contributed by atoms with van der Waals surface area (Å²) in [5.74, 6) is 0. The third-order valence-electron chi connectivity index (χ3n) is 1.46.